The number of halogens is 3. The van der Waals surface area contributed by atoms with Crippen molar-refractivity contribution in [1.82, 2.24) is 5.32 Å². The molecule has 19 heavy (non-hydrogen) atoms. The zero-order valence-corrected chi connectivity index (χ0v) is 10.2. The van der Waals surface area contributed by atoms with Gasteiger partial charge >= 0.3 is 6.36 Å². The minimum atomic E-state index is -4.71. The smallest absolute Gasteiger partial charge is 0.406 e. The van der Waals surface area contributed by atoms with Crippen LogP contribution in [0.25, 0.3) is 0 Å². The van der Waals surface area contributed by atoms with Gasteiger partial charge in [-0.2, -0.15) is 0 Å². The summed E-state index contributed by atoms with van der Waals surface area (Å²) in [4.78, 5) is 11.4. The highest BCUT2D eigenvalue weighted by molar-refractivity contribution is 5.78. The average molecular weight is 276 g/mol. The lowest BCUT2D eigenvalue weighted by Crippen LogP contribution is -2.27. The number of rotatable bonds is 6. The quantitative estimate of drug-likeness (QED) is 0.776. The number of ether oxygens (including phenoxy) is 1. The lowest BCUT2D eigenvalue weighted by molar-refractivity contribution is -0.274. The molecule has 0 spiro atoms. The van der Waals surface area contributed by atoms with Gasteiger partial charge in [-0.15, -0.1) is 13.2 Å². The van der Waals surface area contributed by atoms with Crippen LogP contribution >= 0.6 is 0 Å². The van der Waals surface area contributed by atoms with Gasteiger partial charge in [-0.05, 0) is 30.7 Å². The van der Waals surface area contributed by atoms with E-state index in [1.807, 2.05) is 0 Å². The van der Waals surface area contributed by atoms with E-state index in [4.69, 9.17) is 5.73 Å². The first kappa shape index (κ1) is 15.3. The molecule has 0 radical (unpaired) electrons. The molecule has 0 fully saturated rings. The van der Waals surface area contributed by atoms with Crippen molar-refractivity contribution in [3.8, 4) is 5.75 Å². The van der Waals surface area contributed by atoms with Crippen LogP contribution in [0, 0.1) is 0 Å². The lowest BCUT2D eigenvalue weighted by Gasteiger charge is -2.09. The molecule has 0 heterocycles. The molecule has 0 aliphatic rings. The molecule has 0 aliphatic carbocycles. The standard InChI is InChI=1S/C12H15F3N2O2/c13-12(14,15)19-10-4-2-9(3-5-10)8-11(18)17-7-1-6-16/h2-5H,1,6-8,16H2,(H,17,18). The predicted octanol–water partition coefficient (Wildman–Crippen LogP) is 1.59. The minimum Gasteiger partial charge on any atom is -0.406 e. The molecule has 3 N–H and O–H groups in total. The molecular weight excluding hydrogens is 261 g/mol. The topological polar surface area (TPSA) is 64.3 Å². The first-order valence-electron chi connectivity index (χ1n) is 5.72. The summed E-state index contributed by atoms with van der Waals surface area (Å²) in [6.45, 7) is 0.981. The third-order valence-electron chi connectivity index (χ3n) is 2.22. The fourth-order valence-corrected chi connectivity index (χ4v) is 1.39. The summed E-state index contributed by atoms with van der Waals surface area (Å²) in [5, 5.41) is 2.65. The first-order chi connectivity index (χ1) is 8.90. The van der Waals surface area contributed by atoms with E-state index in [2.05, 4.69) is 10.1 Å². The van der Waals surface area contributed by atoms with Crippen LogP contribution in [-0.2, 0) is 11.2 Å². The van der Waals surface area contributed by atoms with Crippen molar-refractivity contribution in [1.29, 1.82) is 0 Å². The van der Waals surface area contributed by atoms with Crippen molar-refractivity contribution < 1.29 is 22.7 Å². The Morgan fingerprint density at radius 2 is 1.89 bits per heavy atom. The van der Waals surface area contributed by atoms with E-state index in [1.165, 1.54) is 24.3 Å². The molecule has 0 bridgehead atoms. The molecule has 0 aliphatic heterocycles. The van der Waals surface area contributed by atoms with Crippen LogP contribution in [-0.4, -0.2) is 25.4 Å². The second kappa shape index (κ2) is 6.98. The largest absolute Gasteiger partial charge is 0.573 e. The average Bonchev–Trinajstić information content (AvgIpc) is 2.30. The van der Waals surface area contributed by atoms with Crippen LogP contribution in [0.2, 0.25) is 0 Å². The van der Waals surface area contributed by atoms with Gasteiger partial charge in [-0.25, -0.2) is 0 Å². The van der Waals surface area contributed by atoms with Gasteiger partial charge in [-0.3, -0.25) is 4.79 Å². The third-order valence-corrected chi connectivity index (χ3v) is 2.22. The Morgan fingerprint density at radius 3 is 2.42 bits per heavy atom. The molecule has 1 aromatic rings. The van der Waals surface area contributed by atoms with Crippen molar-refractivity contribution >= 4 is 5.91 Å². The predicted molar refractivity (Wildman–Crippen MR) is 63.5 cm³/mol. The van der Waals surface area contributed by atoms with Gasteiger partial charge in [0.05, 0.1) is 6.42 Å². The van der Waals surface area contributed by atoms with Crippen molar-refractivity contribution in [2.24, 2.45) is 5.73 Å². The van der Waals surface area contributed by atoms with E-state index in [1.54, 1.807) is 0 Å². The van der Waals surface area contributed by atoms with Crippen molar-refractivity contribution in [3.05, 3.63) is 29.8 Å². The fourth-order valence-electron chi connectivity index (χ4n) is 1.39. The summed E-state index contributed by atoms with van der Waals surface area (Å²) in [5.74, 6) is -0.502. The normalized spacial score (nSPS) is 11.2. The van der Waals surface area contributed by atoms with Crippen molar-refractivity contribution in [3.63, 3.8) is 0 Å². The highest BCUT2D eigenvalue weighted by atomic mass is 19.4. The fraction of sp³-hybridized carbons (Fsp3) is 0.417. The second-order valence-corrected chi connectivity index (χ2v) is 3.86. The SMILES string of the molecule is NCCCNC(=O)Cc1ccc(OC(F)(F)F)cc1. The molecule has 1 aromatic carbocycles. The van der Waals surface area contributed by atoms with Gasteiger partial charge in [0.2, 0.25) is 5.91 Å². The highest BCUT2D eigenvalue weighted by Gasteiger charge is 2.30. The Labute approximate surface area is 108 Å². The number of nitrogens with one attached hydrogen (secondary N) is 1. The van der Waals surface area contributed by atoms with E-state index in [9.17, 15) is 18.0 Å². The Kier molecular flexibility index (Phi) is 5.62. The number of carbonyl (C=O) groups is 1. The van der Waals surface area contributed by atoms with Crippen molar-refractivity contribution in [2.45, 2.75) is 19.2 Å². The lowest BCUT2D eigenvalue weighted by atomic mass is 10.1. The second-order valence-electron chi connectivity index (χ2n) is 3.86. The van der Waals surface area contributed by atoms with Gasteiger partial charge in [0.1, 0.15) is 5.75 Å². The highest BCUT2D eigenvalue weighted by Crippen LogP contribution is 2.22. The maximum atomic E-state index is 11.9. The van der Waals surface area contributed by atoms with Crippen LogP contribution in [0.15, 0.2) is 24.3 Å². The molecule has 4 nitrogen and oxygen atoms in total. The maximum Gasteiger partial charge on any atom is 0.573 e. The molecule has 7 heteroatoms. The molecule has 0 saturated carbocycles. The van der Waals surface area contributed by atoms with E-state index >= 15 is 0 Å². The third kappa shape index (κ3) is 6.66. The van der Waals surface area contributed by atoms with Crippen LogP contribution in [0.3, 0.4) is 0 Å². The van der Waals surface area contributed by atoms with E-state index in [0.29, 0.717) is 25.1 Å². The number of benzene rings is 1. The van der Waals surface area contributed by atoms with E-state index in [-0.39, 0.29) is 18.1 Å². The zero-order valence-electron chi connectivity index (χ0n) is 10.2. The molecule has 0 unspecified atom stereocenters. The number of hydrogen-bond donors (Lipinski definition) is 2. The van der Waals surface area contributed by atoms with Crippen LogP contribution in [0.4, 0.5) is 13.2 Å². The molecule has 106 valence electrons. The summed E-state index contributed by atoms with van der Waals surface area (Å²) in [6, 6.07) is 5.19. The number of alkyl halides is 3. The van der Waals surface area contributed by atoms with Gasteiger partial charge in [0.25, 0.3) is 0 Å². The molecule has 0 atom stereocenters. The Hall–Kier alpha value is -1.76. The number of hydrogen-bond acceptors (Lipinski definition) is 3. The molecular formula is C12H15F3N2O2. The van der Waals surface area contributed by atoms with Crippen LogP contribution in [0.5, 0.6) is 5.75 Å². The number of nitrogens with two attached hydrogens (primary N) is 1. The Morgan fingerprint density at radius 1 is 1.26 bits per heavy atom. The monoisotopic (exact) mass is 276 g/mol. The van der Waals surface area contributed by atoms with Crippen LogP contribution in [0.1, 0.15) is 12.0 Å². The molecule has 0 aromatic heterocycles. The van der Waals surface area contributed by atoms with Crippen molar-refractivity contribution in [2.75, 3.05) is 13.1 Å². The molecule has 1 amide bonds. The summed E-state index contributed by atoms with van der Waals surface area (Å²) < 4.78 is 39.5. The number of carbonyl (C=O) groups excluding carboxylic acids is 1. The zero-order chi connectivity index (χ0) is 14.3. The maximum absolute atomic E-state index is 11.9. The molecule has 0 saturated heterocycles. The van der Waals surface area contributed by atoms with E-state index in [0.717, 1.165) is 0 Å². The summed E-state index contributed by atoms with van der Waals surface area (Å²) >= 11 is 0. The van der Waals surface area contributed by atoms with Crippen LogP contribution < -0.4 is 15.8 Å². The number of amides is 1. The Bertz CT molecular complexity index is 404. The summed E-state index contributed by atoms with van der Waals surface area (Å²) in [6.07, 6.45) is -3.91. The minimum absolute atomic E-state index is 0.108. The van der Waals surface area contributed by atoms with Gasteiger partial charge in [0.15, 0.2) is 0 Å². The van der Waals surface area contributed by atoms with E-state index < -0.39 is 6.36 Å². The first-order valence-corrected chi connectivity index (χ1v) is 5.72. The van der Waals surface area contributed by atoms with Gasteiger partial charge < -0.3 is 15.8 Å². The van der Waals surface area contributed by atoms with Gasteiger partial charge in [-0.1, -0.05) is 12.1 Å². The Balaban J connectivity index is 2.46. The van der Waals surface area contributed by atoms with Gasteiger partial charge in [0, 0.05) is 6.54 Å². The molecule has 1 rings (SSSR count). The summed E-state index contributed by atoms with van der Waals surface area (Å²) in [5.41, 5.74) is 5.89. The summed E-state index contributed by atoms with van der Waals surface area (Å²) in [7, 11) is 0.